The van der Waals surface area contributed by atoms with Gasteiger partial charge in [-0.15, -0.1) is 0 Å². The molecular formula is C20H23NO. The van der Waals surface area contributed by atoms with Gasteiger partial charge in [-0.3, -0.25) is 0 Å². The highest BCUT2D eigenvalue weighted by Crippen LogP contribution is 2.52. The number of aryl methyl sites for hydroxylation is 1. The van der Waals surface area contributed by atoms with E-state index in [2.05, 4.69) is 54.7 Å². The summed E-state index contributed by atoms with van der Waals surface area (Å²) in [6, 6.07) is 16.2. The van der Waals surface area contributed by atoms with Crippen molar-refractivity contribution in [1.82, 2.24) is 5.32 Å². The van der Waals surface area contributed by atoms with Crippen molar-refractivity contribution < 1.29 is 4.74 Å². The van der Waals surface area contributed by atoms with Crippen LogP contribution in [-0.2, 0) is 0 Å². The van der Waals surface area contributed by atoms with Gasteiger partial charge >= 0.3 is 0 Å². The molecule has 1 heterocycles. The maximum atomic E-state index is 5.48. The number of rotatable bonds is 2. The van der Waals surface area contributed by atoms with E-state index in [0.717, 1.165) is 12.3 Å². The zero-order valence-electron chi connectivity index (χ0n) is 13.3. The van der Waals surface area contributed by atoms with Gasteiger partial charge in [0.05, 0.1) is 7.11 Å². The molecule has 1 aliphatic carbocycles. The molecule has 0 amide bonds. The molecule has 2 heteroatoms. The molecule has 2 aromatic rings. The van der Waals surface area contributed by atoms with E-state index in [1.54, 1.807) is 7.11 Å². The van der Waals surface area contributed by atoms with Crippen molar-refractivity contribution in [3.05, 3.63) is 64.7 Å². The second-order valence-corrected chi connectivity index (χ2v) is 6.62. The van der Waals surface area contributed by atoms with E-state index < -0.39 is 0 Å². The van der Waals surface area contributed by atoms with Gasteiger partial charge in [0.1, 0.15) is 5.75 Å². The molecule has 2 aromatic carbocycles. The quantitative estimate of drug-likeness (QED) is 0.896. The number of fused-ring (bicyclic) bond motifs is 3. The van der Waals surface area contributed by atoms with Crippen molar-refractivity contribution in [3.63, 3.8) is 0 Å². The van der Waals surface area contributed by atoms with Crippen molar-refractivity contribution in [2.75, 3.05) is 13.7 Å². The average Bonchev–Trinajstić information content (AvgIpc) is 2.89. The second kappa shape index (κ2) is 5.44. The molecule has 0 radical (unpaired) electrons. The first kappa shape index (κ1) is 13.8. The summed E-state index contributed by atoms with van der Waals surface area (Å²) in [7, 11) is 1.75. The summed E-state index contributed by atoms with van der Waals surface area (Å²) in [4.78, 5) is 0. The van der Waals surface area contributed by atoms with Gasteiger partial charge in [0, 0.05) is 12.0 Å². The van der Waals surface area contributed by atoms with Crippen molar-refractivity contribution in [2.45, 2.75) is 31.7 Å². The lowest BCUT2D eigenvalue weighted by atomic mass is 9.80. The highest BCUT2D eigenvalue weighted by atomic mass is 16.5. The van der Waals surface area contributed by atoms with Gasteiger partial charge in [-0.2, -0.15) is 0 Å². The molecule has 0 spiro atoms. The Balaban J connectivity index is 1.84. The molecule has 3 unspecified atom stereocenters. The zero-order valence-corrected chi connectivity index (χ0v) is 13.3. The molecule has 0 saturated carbocycles. The Morgan fingerprint density at radius 1 is 1.05 bits per heavy atom. The van der Waals surface area contributed by atoms with Gasteiger partial charge < -0.3 is 10.1 Å². The van der Waals surface area contributed by atoms with Crippen molar-refractivity contribution in [2.24, 2.45) is 5.92 Å². The minimum absolute atomic E-state index is 0.489. The monoisotopic (exact) mass is 293 g/mol. The van der Waals surface area contributed by atoms with Crippen LogP contribution in [0.1, 0.15) is 47.1 Å². The van der Waals surface area contributed by atoms with Crippen molar-refractivity contribution in [1.29, 1.82) is 0 Å². The molecule has 0 aromatic heterocycles. The summed E-state index contributed by atoms with van der Waals surface area (Å²) in [5.74, 6) is 2.12. The average molecular weight is 293 g/mol. The SMILES string of the molecule is COc1ccc2c(c1)C(c1ccc(C)cc1)C1CCCNC21. The fourth-order valence-corrected chi connectivity index (χ4v) is 4.28. The summed E-state index contributed by atoms with van der Waals surface area (Å²) >= 11 is 0. The molecule has 1 N–H and O–H groups in total. The molecule has 0 bridgehead atoms. The highest BCUT2D eigenvalue weighted by Gasteiger charge is 2.42. The molecule has 1 saturated heterocycles. The minimum Gasteiger partial charge on any atom is -0.497 e. The number of methoxy groups -OCH3 is 1. The van der Waals surface area contributed by atoms with Crippen molar-refractivity contribution in [3.8, 4) is 5.75 Å². The topological polar surface area (TPSA) is 21.3 Å². The standard InChI is InChI=1S/C20H23NO/c1-13-5-7-14(8-6-13)19-17-4-3-11-21-20(17)16-10-9-15(22-2)12-18(16)19/h5-10,12,17,19-21H,3-4,11H2,1-2H3. The van der Waals surface area contributed by atoms with Gasteiger partial charge in [0.2, 0.25) is 0 Å². The van der Waals surface area contributed by atoms with E-state index >= 15 is 0 Å². The molecule has 2 nitrogen and oxygen atoms in total. The Kier molecular flexibility index (Phi) is 3.42. The molecule has 1 fully saturated rings. The molecule has 2 aliphatic rings. The third-order valence-electron chi connectivity index (χ3n) is 5.34. The molecule has 1 aliphatic heterocycles. The van der Waals surface area contributed by atoms with E-state index in [9.17, 15) is 0 Å². The minimum atomic E-state index is 0.489. The lowest BCUT2D eigenvalue weighted by Crippen LogP contribution is -2.32. The Hall–Kier alpha value is -1.80. The number of benzene rings is 2. The van der Waals surface area contributed by atoms with E-state index in [0.29, 0.717) is 17.9 Å². The predicted octanol–water partition coefficient (Wildman–Crippen LogP) is 4.19. The highest BCUT2D eigenvalue weighted by molar-refractivity contribution is 5.49. The Labute approximate surface area is 132 Å². The summed E-state index contributed by atoms with van der Waals surface area (Å²) < 4.78 is 5.48. The normalized spacial score (nSPS) is 26.4. The van der Waals surface area contributed by atoms with Gasteiger partial charge in [-0.05, 0) is 61.1 Å². The Morgan fingerprint density at radius 2 is 1.86 bits per heavy atom. The Bertz CT molecular complexity index is 677. The Morgan fingerprint density at radius 3 is 2.64 bits per heavy atom. The van der Waals surface area contributed by atoms with Gasteiger partial charge in [0.15, 0.2) is 0 Å². The van der Waals surface area contributed by atoms with Gasteiger partial charge in [-0.25, -0.2) is 0 Å². The fraction of sp³-hybridized carbons (Fsp3) is 0.400. The van der Waals surface area contributed by atoms with Crippen LogP contribution in [0.5, 0.6) is 5.75 Å². The molecule has 114 valence electrons. The third-order valence-corrected chi connectivity index (χ3v) is 5.34. The molecule has 4 rings (SSSR count). The largest absolute Gasteiger partial charge is 0.497 e. The van der Waals surface area contributed by atoms with E-state index in [1.807, 2.05) is 0 Å². The molecular weight excluding hydrogens is 270 g/mol. The van der Waals surface area contributed by atoms with E-state index in [4.69, 9.17) is 4.74 Å². The lowest BCUT2D eigenvalue weighted by molar-refractivity contribution is 0.287. The lowest BCUT2D eigenvalue weighted by Gasteiger charge is -2.31. The number of hydrogen-bond acceptors (Lipinski definition) is 2. The van der Waals surface area contributed by atoms with Crippen LogP contribution in [0.3, 0.4) is 0 Å². The summed E-state index contributed by atoms with van der Waals surface area (Å²) in [5.41, 5.74) is 5.69. The number of ether oxygens (including phenoxy) is 1. The smallest absolute Gasteiger partial charge is 0.119 e. The van der Waals surface area contributed by atoms with Crippen LogP contribution in [0.2, 0.25) is 0 Å². The van der Waals surface area contributed by atoms with E-state index in [1.165, 1.54) is 35.1 Å². The van der Waals surface area contributed by atoms with Crippen LogP contribution < -0.4 is 10.1 Å². The third kappa shape index (κ3) is 2.14. The molecule has 22 heavy (non-hydrogen) atoms. The second-order valence-electron chi connectivity index (χ2n) is 6.62. The predicted molar refractivity (Wildman–Crippen MR) is 89.5 cm³/mol. The zero-order chi connectivity index (χ0) is 15.1. The summed E-state index contributed by atoms with van der Waals surface area (Å²) in [5, 5.41) is 3.75. The van der Waals surface area contributed by atoms with Crippen molar-refractivity contribution >= 4 is 0 Å². The molecule has 3 atom stereocenters. The van der Waals surface area contributed by atoms with Gasteiger partial charge in [-0.1, -0.05) is 35.9 Å². The van der Waals surface area contributed by atoms with Gasteiger partial charge in [0.25, 0.3) is 0 Å². The maximum absolute atomic E-state index is 5.48. The fourth-order valence-electron chi connectivity index (χ4n) is 4.28. The van der Waals surface area contributed by atoms with Crippen LogP contribution >= 0.6 is 0 Å². The number of hydrogen-bond donors (Lipinski definition) is 1. The van der Waals surface area contributed by atoms with Crippen LogP contribution in [0.25, 0.3) is 0 Å². The van der Waals surface area contributed by atoms with Crippen LogP contribution in [0.4, 0.5) is 0 Å². The first-order chi connectivity index (χ1) is 10.8. The summed E-state index contributed by atoms with van der Waals surface area (Å²) in [6.45, 7) is 3.29. The summed E-state index contributed by atoms with van der Waals surface area (Å²) in [6.07, 6.45) is 2.57. The first-order valence-corrected chi connectivity index (χ1v) is 8.25. The van der Waals surface area contributed by atoms with E-state index in [-0.39, 0.29) is 0 Å². The first-order valence-electron chi connectivity index (χ1n) is 8.25. The van der Waals surface area contributed by atoms with Crippen LogP contribution in [0, 0.1) is 12.8 Å². The van der Waals surface area contributed by atoms with Crippen LogP contribution in [-0.4, -0.2) is 13.7 Å². The van der Waals surface area contributed by atoms with Crippen LogP contribution in [0.15, 0.2) is 42.5 Å². The number of piperidine rings is 1. The maximum Gasteiger partial charge on any atom is 0.119 e. The number of nitrogens with one attached hydrogen (secondary N) is 1.